The van der Waals surface area contributed by atoms with E-state index < -0.39 is 24.5 Å². The van der Waals surface area contributed by atoms with E-state index in [1.165, 1.54) is 13.8 Å². The molecule has 2 saturated carbocycles. The van der Waals surface area contributed by atoms with Gasteiger partial charge in [0.1, 0.15) is 6.04 Å². The summed E-state index contributed by atoms with van der Waals surface area (Å²) in [4.78, 5) is 62.4. The van der Waals surface area contributed by atoms with Crippen LogP contribution in [0.2, 0.25) is 0 Å². The number of esters is 1. The molecule has 0 radical (unpaired) electrons. The highest BCUT2D eigenvalue weighted by Crippen LogP contribution is 2.56. The molecule has 1 saturated heterocycles. The topological polar surface area (TPSA) is 110 Å². The Labute approximate surface area is 173 Å². The normalized spacial score (nSPS) is 27.7. The molecule has 2 aliphatic carbocycles. The molecule has 3 aliphatic rings. The highest BCUT2D eigenvalue weighted by molar-refractivity contribution is 6.08. The van der Waals surface area contributed by atoms with Gasteiger partial charge in [-0.05, 0) is 69.2 Å². The number of benzene rings is 1. The zero-order chi connectivity index (χ0) is 21.6. The molecule has 0 spiro atoms. The molecule has 1 aliphatic heterocycles. The monoisotopic (exact) mass is 412 g/mol. The second-order valence-corrected chi connectivity index (χ2v) is 8.40. The lowest BCUT2D eigenvalue weighted by atomic mass is 9.81. The van der Waals surface area contributed by atoms with Gasteiger partial charge in [-0.3, -0.25) is 24.1 Å². The van der Waals surface area contributed by atoms with Crippen LogP contribution in [-0.2, 0) is 23.9 Å². The van der Waals surface area contributed by atoms with Crippen molar-refractivity contribution in [2.75, 3.05) is 11.9 Å². The van der Waals surface area contributed by atoms with Crippen molar-refractivity contribution in [3.05, 3.63) is 29.8 Å². The Hall–Kier alpha value is -3.03. The lowest BCUT2D eigenvalue weighted by Gasteiger charge is -2.23. The van der Waals surface area contributed by atoms with E-state index in [1.807, 2.05) is 0 Å². The predicted molar refractivity (Wildman–Crippen MR) is 105 cm³/mol. The average molecular weight is 412 g/mol. The molecule has 1 aromatic rings. The SMILES string of the molecule is CC(=O)c1ccc(NC(=O)COC(=O)[C@H](C)N2C(=O)[C@@H]3[C@@H]4CC[C@@H](C4)[C@@H]3C2=O)cc1. The number of nitrogens with one attached hydrogen (secondary N) is 1. The molecule has 1 N–H and O–H groups in total. The first-order valence-corrected chi connectivity index (χ1v) is 10.2. The standard InChI is InChI=1S/C22H24N2O6/c1-11(24-20(27)18-14-3-4-15(9-14)19(18)21(24)28)22(29)30-10-17(26)23-16-7-5-13(6-8-16)12(2)25/h5-8,11,14-15,18-19H,3-4,9-10H2,1-2H3,(H,23,26)/t11-,14-,15+,18-,19+/m0/s1. The number of carbonyl (C=O) groups excluding carboxylic acids is 5. The zero-order valence-corrected chi connectivity index (χ0v) is 16.9. The average Bonchev–Trinajstić information content (AvgIpc) is 3.40. The van der Waals surface area contributed by atoms with Crippen molar-refractivity contribution in [2.45, 2.75) is 39.2 Å². The van der Waals surface area contributed by atoms with Crippen molar-refractivity contribution in [3.63, 3.8) is 0 Å². The molecule has 3 fully saturated rings. The fraction of sp³-hybridized carbons (Fsp3) is 0.500. The number of ether oxygens (including phenoxy) is 1. The number of nitrogens with zero attached hydrogens (tertiary/aromatic N) is 1. The minimum atomic E-state index is -1.06. The molecule has 0 aromatic heterocycles. The van der Waals surface area contributed by atoms with E-state index in [-0.39, 0.29) is 41.3 Å². The van der Waals surface area contributed by atoms with E-state index in [9.17, 15) is 24.0 Å². The molecule has 158 valence electrons. The van der Waals surface area contributed by atoms with Gasteiger partial charge in [0.2, 0.25) is 11.8 Å². The predicted octanol–water partition coefficient (Wildman–Crippen LogP) is 1.79. The van der Waals surface area contributed by atoms with Gasteiger partial charge in [0.25, 0.3) is 5.91 Å². The summed E-state index contributed by atoms with van der Waals surface area (Å²) >= 11 is 0. The Kier molecular flexibility index (Phi) is 5.17. The van der Waals surface area contributed by atoms with E-state index in [0.717, 1.165) is 24.2 Å². The quantitative estimate of drug-likeness (QED) is 0.433. The number of imide groups is 1. The molecule has 3 amide bonds. The van der Waals surface area contributed by atoms with Gasteiger partial charge in [-0.2, -0.15) is 0 Å². The van der Waals surface area contributed by atoms with Crippen LogP contribution in [0.25, 0.3) is 0 Å². The fourth-order valence-corrected chi connectivity index (χ4v) is 5.16. The molecule has 0 unspecified atom stereocenters. The van der Waals surface area contributed by atoms with Gasteiger partial charge in [-0.1, -0.05) is 0 Å². The van der Waals surface area contributed by atoms with Crippen LogP contribution in [0.4, 0.5) is 5.69 Å². The number of hydrogen-bond donors (Lipinski definition) is 1. The third-order valence-corrected chi connectivity index (χ3v) is 6.61. The van der Waals surface area contributed by atoms with E-state index in [0.29, 0.717) is 11.3 Å². The summed E-state index contributed by atoms with van der Waals surface area (Å²) < 4.78 is 5.05. The molecule has 8 nitrogen and oxygen atoms in total. The number of likely N-dealkylation sites (tertiary alicyclic amines) is 1. The maximum absolute atomic E-state index is 12.8. The van der Waals surface area contributed by atoms with Crippen LogP contribution >= 0.6 is 0 Å². The van der Waals surface area contributed by atoms with E-state index in [1.54, 1.807) is 24.3 Å². The highest BCUT2D eigenvalue weighted by Gasteiger charge is 2.62. The van der Waals surface area contributed by atoms with Crippen molar-refractivity contribution in [1.29, 1.82) is 0 Å². The number of Topliss-reactive ketones (excluding diaryl/α,β-unsaturated/α-hetero) is 1. The van der Waals surface area contributed by atoms with Gasteiger partial charge >= 0.3 is 5.97 Å². The van der Waals surface area contributed by atoms with Gasteiger partial charge in [0.05, 0.1) is 11.8 Å². The number of ketones is 1. The Balaban J connectivity index is 1.31. The van der Waals surface area contributed by atoms with Crippen molar-refractivity contribution in [3.8, 4) is 0 Å². The van der Waals surface area contributed by atoms with E-state index >= 15 is 0 Å². The van der Waals surface area contributed by atoms with Crippen molar-refractivity contribution in [2.24, 2.45) is 23.7 Å². The molecule has 5 atom stereocenters. The number of carbonyl (C=O) groups is 5. The lowest BCUT2D eigenvalue weighted by Crippen LogP contribution is -2.45. The van der Waals surface area contributed by atoms with Gasteiger partial charge in [-0.25, -0.2) is 4.79 Å². The molecule has 1 aromatic carbocycles. The summed E-state index contributed by atoms with van der Waals surface area (Å²) in [6, 6.07) is 5.26. The van der Waals surface area contributed by atoms with Crippen LogP contribution in [0.15, 0.2) is 24.3 Å². The molecule has 8 heteroatoms. The summed E-state index contributed by atoms with van der Waals surface area (Å²) in [5.41, 5.74) is 0.980. The van der Waals surface area contributed by atoms with Crippen LogP contribution in [0.3, 0.4) is 0 Å². The van der Waals surface area contributed by atoms with Gasteiger partial charge in [0.15, 0.2) is 12.4 Å². The van der Waals surface area contributed by atoms with Gasteiger partial charge in [0, 0.05) is 11.3 Å². The summed E-state index contributed by atoms with van der Waals surface area (Å²) in [7, 11) is 0. The molecular weight excluding hydrogens is 388 g/mol. The van der Waals surface area contributed by atoms with Crippen LogP contribution < -0.4 is 5.32 Å². The summed E-state index contributed by atoms with van der Waals surface area (Å²) in [5.74, 6) is -2.10. The van der Waals surface area contributed by atoms with E-state index in [4.69, 9.17) is 4.74 Å². The Bertz CT molecular complexity index is 896. The molecule has 4 rings (SSSR count). The maximum Gasteiger partial charge on any atom is 0.329 e. The molecule has 2 bridgehead atoms. The minimum absolute atomic E-state index is 0.0843. The first-order valence-electron chi connectivity index (χ1n) is 10.2. The third kappa shape index (κ3) is 3.40. The highest BCUT2D eigenvalue weighted by atomic mass is 16.5. The second kappa shape index (κ2) is 7.66. The molecule has 30 heavy (non-hydrogen) atoms. The summed E-state index contributed by atoms with van der Waals surface area (Å²) in [5, 5.41) is 2.57. The van der Waals surface area contributed by atoms with Crippen LogP contribution in [0, 0.1) is 23.7 Å². The second-order valence-electron chi connectivity index (χ2n) is 8.40. The largest absolute Gasteiger partial charge is 0.454 e. The van der Waals surface area contributed by atoms with E-state index in [2.05, 4.69) is 5.32 Å². The smallest absolute Gasteiger partial charge is 0.329 e. The Morgan fingerprint density at radius 2 is 1.63 bits per heavy atom. The first kappa shape index (κ1) is 20.3. The lowest BCUT2D eigenvalue weighted by molar-refractivity contribution is -0.159. The fourth-order valence-electron chi connectivity index (χ4n) is 5.16. The van der Waals surface area contributed by atoms with Gasteiger partial charge in [-0.15, -0.1) is 0 Å². The maximum atomic E-state index is 12.8. The number of hydrogen-bond acceptors (Lipinski definition) is 6. The summed E-state index contributed by atoms with van der Waals surface area (Å²) in [6.07, 6.45) is 2.85. The number of fused-ring (bicyclic) bond motifs is 5. The van der Waals surface area contributed by atoms with Crippen LogP contribution in [0.1, 0.15) is 43.5 Å². The van der Waals surface area contributed by atoms with Crippen molar-refractivity contribution < 1.29 is 28.7 Å². The molecular formula is C22H24N2O6. The number of anilines is 1. The number of amides is 3. The van der Waals surface area contributed by atoms with Gasteiger partial charge < -0.3 is 10.1 Å². The zero-order valence-electron chi connectivity index (χ0n) is 16.9. The third-order valence-electron chi connectivity index (χ3n) is 6.61. The van der Waals surface area contributed by atoms with Crippen molar-refractivity contribution in [1.82, 2.24) is 4.90 Å². The minimum Gasteiger partial charge on any atom is -0.454 e. The van der Waals surface area contributed by atoms with Crippen molar-refractivity contribution >= 4 is 35.2 Å². The molecule has 1 heterocycles. The summed E-state index contributed by atoms with van der Waals surface area (Å²) in [6.45, 7) is 2.37. The Morgan fingerprint density at radius 1 is 1.07 bits per heavy atom. The number of rotatable bonds is 6. The van der Waals surface area contributed by atoms with Crippen LogP contribution in [0.5, 0.6) is 0 Å². The van der Waals surface area contributed by atoms with Crippen LogP contribution in [-0.4, -0.2) is 47.0 Å². The first-order chi connectivity index (χ1) is 14.3. The Morgan fingerprint density at radius 3 is 2.17 bits per heavy atom.